The van der Waals surface area contributed by atoms with Crippen LogP contribution in [0.5, 0.6) is 0 Å². The monoisotopic (exact) mass is 381 g/mol. The molecule has 126 valence electrons. The minimum Gasteiger partial charge on any atom is -0.460 e. The second-order valence-electron chi connectivity index (χ2n) is 6.96. The Balaban J connectivity index is 1.97. The molecule has 1 amide bonds. The van der Waals surface area contributed by atoms with E-state index in [1.54, 1.807) is 0 Å². The van der Waals surface area contributed by atoms with E-state index in [0.29, 0.717) is 25.1 Å². The number of hydrogen-bond donors (Lipinski definition) is 0. The molecule has 0 bridgehead atoms. The Bertz CT molecular complexity index is 563. The van der Waals surface area contributed by atoms with Gasteiger partial charge in [-0.1, -0.05) is 15.9 Å². The molecule has 4 nitrogen and oxygen atoms in total. The molecule has 1 heterocycles. The highest BCUT2D eigenvalue weighted by Crippen LogP contribution is 2.23. The first kappa shape index (κ1) is 18.0. The maximum atomic E-state index is 12.6. The van der Waals surface area contributed by atoms with E-state index in [1.165, 1.54) is 0 Å². The molecule has 1 aromatic carbocycles. The van der Waals surface area contributed by atoms with Gasteiger partial charge in [-0.15, -0.1) is 0 Å². The average Bonchev–Trinajstić information content (AvgIpc) is 2.71. The number of likely N-dealkylation sites (tertiary alicyclic amines) is 1. The van der Waals surface area contributed by atoms with E-state index >= 15 is 0 Å². The van der Waals surface area contributed by atoms with Crippen molar-refractivity contribution in [1.29, 1.82) is 0 Å². The fraction of sp³-hybridized carbons (Fsp3) is 0.556. The minimum absolute atomic E-state index is 0.0299. The molecule has 1 aliphatic rings. The van der Waals surface area contributed by atoms with Gasteiger partial charge in [0, 0.05) is 23.1 Å². The van der Waals surface area contributed by atoms with Crippen molar-refractivity contribution < 1.29 is 14.3 Å². The van der Waals surface area contributed by atoms with Gasteiger partial charge in [0.05, 0.1) is 5.92 Å². The Morgan fingerprint density at radius 2 is 1.78 bits per heavy atom. The molecule has 1 saturated heterocycles. The molecule has 0 N–H and O–H groups in total. The molecular weight excluding hydrogens is 358 g/mol. The van der Waals surface area contributed by atoms with E-state index in [2.05, 4.69) is 15.9 Å². The van der Waals surface area contributed by atoms with Gasteiger partial charge in [-0.3, -0.25) is 9.59 Å². The van der Waals surface area contributed by atoms with Crippen molar-refractivity contribution in [3.8, 4) is 0 Å². The van der Waals surface area contributed by atoms with Crippen LogP contribution in [-0.4, -0.2) is 35.5 Å². The van der Waals surface area contributed by atoms with Crippen LogP contribution >= 0.6 is 15.9 Å². The first-order valence-electron chi connectivity index (χ1n) is 8.04. The Kier molecular flexibility index (Phi) is 5.84. The van der Waals surface area contributed by atoms with E-state index in [4.69, 9.17) is 4.74 Å². The summed E-state index contributed by atoms with van der Waals surface area (Å²) in [4.78, 5) is 26.6. The summed E-state index contributed by atoms with van der Waals surface area (Å²) in [6.45, 7) is 6.92. The van der Waals surface area contributed by atoms with E-state index < -0.39 is 5.60 Å². The molecular formula is C18H24BrNO3. The molecule has 0 spiro atoms. The largest absolute Gasteiger partial charge is 0.460 e. The number of rotatable bonds is 2. The zero-order chi connectivity index (χ0) is 17.0. The third kappa shape index (κ3) is 5.34. The Labute approximate surface area is 146 Å². The Hall–Kier alpha value is -1.36. The Morgan fingerprint density at radius 3 is 2.39 bits per heavy atom. The van der Waals surface area contributed by atoms with Gasteiger partial charge in [0.1, 0.15) is 5.60 Å². The maximum Gasteiger partial charge on any atom is 0.309 e. The predicted octanol–water partition coefficient (Wildman–Crippen LogP) is 4.03. The summed E-state index contributed by atoms with van der Waals surface area (Å²) < 4.78 is 6.43. The minimum atomic E-state index is -0.462. The zero-order valence-electron chi connectivity index (χ0n) is 14.0. The number of carbonyl (C=O) groups is 2. The summed E-state index contributed by atoms with van der Waals surface area (Å²) in [7, 11) is 0. The van der Waals surface area contributed by atoms with Crippen molar-refractivity contribution in [2.45, 2.75) is 45.6 Å². The van der Waals surface area contributed by atoms with E-state index in [0.717, 1.165) is 17.3 Å². The lowest BCUT2D eigenvalue weighted by Crippen LogP contribution is -2.33. The molecule has 0 saturated carbocycles. The number of hydrogen-bond acceptors (Lipinski definition) is 3. The van der Waals surface area contributed by atoms with Gasteiger partial charge in [0.2, 0.25) is 0 Å². The smallest absolute Gasteiger partial charge is 0.309 e. The van der Waals surface area contributed by atoms with Crippen LogP contribution in [0.4, 0.5) is 0 Å². The molecule has 23 heavy (non-hydrogen) atoms. The normalized spacial score (nSPS) is 19.1. The first-order valence-corrected chi connectivity index (χ1v) is 8.83. The molecule has 1 atom stereocenters. The fourth-order valence-electron chi connectivity index (χ4n) is 2.70. The summed E-state index contributed by atoms with van der Waals surface area (Å²) in [6, 6.07) is 7.38. The summed E-state index contributed by atoms with van der Waals surface area (Å²) in [5, 5.41) is 0. The van der Waals surface area contributed by atoms with Gasteiger partial charge in [0.15, 0.2) is 0 Å². The highest BCUT2D eigenvalue weighted by molar-refractivity contribution is 9.10. The third-order valence-corrected chi connectivity index (χ3v) is 4.38. The highest BCUT2D eigenvalue weighted by Gasteiger charge is 2.29. The lowest BCUT2D eigenvalue weighted by molar-refractivity contribution is -0.160. The lowest BCUT2D eigenvalue weighted by Gasteiger charge is -2.23. The van der Waals surface area contributed by atoms with Crippen molar-refractivity contribution >= 4 is 27.8 Å². The summed E-state index contributed by atoms with van der Waals surface area (Å²) in [6.07, 6.45) is 2.27. The molecule has 1 aromatic rings. The van der Waals surface area contributed by atoms with Gasteiger partial charge in [-0.2, -0.15) is 0 Å². The molecule has 1 aliphatic heterocycles. The molecule has 2 rings (SSSR count). The standard InChI is InChI=1S/C18H24BrNO3/c1-18(2,3)23-17(22)14-5-4-11-20(12-10-14)16(21)13-6-8-15(19)9-7-13/h6-9,14H,4-5,10-12H2,1-3H3. The number of esters is 1. The number of carbonyl (C=O) groups excluding carboxylic acids is 2. The van der Waals surface area contributed by atoms with Gasteiger partial charge in [0.25, 0.3) is 5.91 Å². The number of benzene rings is 1. The molecule has 0 aliphatic carbocycles. The second kappa shape index (κ2) is 7.47. The first-order chi connectivity index (χ1) is 10.8. The topological polar surface area (TPSA) is 46.6 Å². The summed E-state index contributed by atoms with van der Waals surface area (Å²) >= 11 is 3.37. The van der Waals surface area contributed by atoms with Gasteiger partial charge in [-0.05, 0) is 64.3 Å². The van der Waals surface area contributed by atoms with Gasteiger partial charge < -0.3 is 9.64 Å². The van der Waals surface area contributed by atoms with Crippen LogP contribution < -0.4 is 0 Å². The van der Waals surface area contributed by atoms with Crippen LogP contribution in [-0.2, 0) is 9.53 Å². The van der Waals surface area contributed by atoms with Crippen LogP contribution in [0, 0.1) is 5.92 Å². The number of ether oxygens (including phenoxy) is 1. The average molecular weight is 382 g/mol. The van der Waals surface area contributed by atoms with Crippen LogP contribution in [0.15, 0.2) is 28.7 Å². The molecule has 0 radical (unpaired) electrons. The fourth-order valence-corrected chi connectivity index (χ4v) is 2.96. The van der Waals surface area contributed by atoms with Crippen molar-refractivity contribution in [3.63, 3.8) is 0 Å². The summed E-state index contributed by atoms with van der Waals surface area (Å²) in [5.74, 6) is -0.227. The van der Waals surface area contributed by atoms with Gasteiger partial charge in [-0.25, -0.2) is 0 Å². The number of nitrogens with zero attached hydrogens (tertiary/aromatic N) is 1. The Morgan fingerprint density at radius 1 is 1.13 bits per heavy atom. The van der Waals surface area contributed by atoms with Crippen LogP contribution in [0.3, 0.4) is 0 Å². The quantitative estimate of drug-likeness (QED) is 0.726. The zero-order valence-corrected chi connectivity index (χ0v) is 15.6. The van der Waals surface area contributed by atoms with E-state index in [1.807, 2.05) is 49.9 Å². The number of halogens is 1. The number of amides is 1. The van der Waals surface area contributed by atoms with Crippen molar-refractivity contribution in [3.05, 3.63) is 34.3 Å². The van der Waals surface area contributed by atoms with Crippen molar-refractivity contribution in [2.75, 3.05) is 13.1 Å². The third-order valence-electron chi connectivity index (χ3n) is 3.85. The van der Waals surface area contributed by atoms with Crippen LogP contribution in [0.25, 0.3) is 0 Å². The van der Waals surface area contributed by atoms with Crippen molar-refractivity contribution in [1.82, 2.24) is 4.90 Å². The van der Waals surface area contributed by atoms with Crippen LogP contribution in [0.2, 0.25) is 0 Å². The maximum absolute atomic E-state index is 12.6. The second-order valence-corrected chi connectivity index (χ2v) is 7.88. The van der Waals surface area contributed by atoms with Crippen molar-refractivity contribution in [2.24, 2.45) is 5.92 Å². The van der Waals surface area contributed by atoms with Crippen LogP contribution in [0.1, 0.15) is 50.4 Å². The molecule has 1 fully saturated rings. The molecule has 0 aromatic heterocycles. The SMILES string of the molecule is CC(C)(C)OC(=O)C1CCCN(C(=O)c2ccc(Br)cc2)CC1. The van der Waals surface area contributed by atoms with Gasteiger partial charge >= 0.3 is 5.97 Å². The molecule has 1 unspecified atom stereocenters. The predicted molar refractivity (Wildman–Crippen MR) is 93.2 cm³/mol. The summed E-state index contributed by atoms with van der Waals surface area (Å²) in [5.41, 5.74) is 0.222. The molecule has 5 heteroatoms. The van der Waals surface area contributed by atoms with E-state index in [-0.39, 0.29) is 17.8 Å². The highest BCUT2D eigenvalue weighted by atomic mass is 79.9. The van der Waals surface area contributed by atoms with E-state index in [9.17, 15) is 9.59 Å². The lowest BCUT2D eigenvalue weighted by atomic mass is 10.0.